The van der Waals surface area contributed by atoms with Gasteiger partial charge in [0, 0.05) is 31.4 Å². The minimum atomic E-state index is 0.0499. The van der Waals surface area contributed by atoms with Crippen LogP contribution in [0.4, 0.5) is 5.82 Å². The zero-order chi connectivity index (χ0) is 14.6. The molecule has 1 aromatic heterocycles. The van der Waals surface area contributed by atoms with Crippen molar-refractivity contribution in [2.24, 2.45) is 0 Å². The largest absolute Gasteiger partial charge is 0.353 e. The molecule has 0 aromatic carbocycles. The van der Waals surface area contributed by atoms with E-state index in [1.807, 2.05) is 19.3 Å². The summed E-state index contributed by atoms with van der Waals surface area (Å²) >= 11 is 6.37. The molecule has 0 radical (unpaired) electrons. The lowest BCUT2D eigenvalue weighted by Crippen LogP contribution is -2.41. The number of halogens is 1. The van der Waals surface area contributed by atoms with Crippen molar-refractivity contribution in [3.05, 3.63) is 22.8 Å². The lowest BCUT2D eigenvalue weighted by atomic mass is 10.00. The van der Waals surface area contributed by atoms with Crippen molar-refractivity contribution in [1.82, 2.24) is 10.3 Å². The number of pyridine rings is 1. The molecule has 0 aliphatic carbocycles. The Morgan fingerprint density at radius 1 is 1.42 bits per heavy atom. The molecule has 4 heteroatoms. The average molecular weight is 284 g/mol. The van der Waals surface area contributed by atoms with Gasteiger partial charge < -0.3 is 10.2 Å². The molecule has 0 unspecified atom stereocenters. The highest BCUT2D eigenvalue weighted by molar-refractivity contribution is 6.33. The van der Waals surface area contributed by atoms with E-state index < -0.39 is 0 Å². The maximum absolute atomic E-state index is 6.37. The van der Waals surface area contributed by atoms with Gasteiger partial charge in [-0.15, -0.1) is 0 Å². The Hall–Kier alpha value is -0.800. The number of hydrogen-bond donors (Lipinski definition) is 1. The summed E-state index contributed by atoms with van der Waals surface area (Å²) in [7, 11) is 2.05. The van der Waals surface area contributed by atoms with Crippen LogP contribution in [0, 0.1) is 0 Å². The summed E-state index contributed by atoms with van der Waals surface area (Å²) in [5.41, 5.74) is 1.17. The predicted octanol–water partition coefficient (Wildman–Crippen LogP) is 3.86. The van der Waals surface area contributed by atoms with Gasteiger partial charge in [0.05, 0.1) is 5.02 Å². The van der Waals surface area contributed by atoms with Crippen LogP contribution < -0.4 is 10.2 Å². The molecule has 0 amide bonds. The van der Waals surface area contributed by atoms with Gasteiger partial charge in [0.25, 0.3) is 0 Å². The van der Waals surface area contributed by atoms with E-state index in [-0.39, 0.29) is 5.54 Å². The molecule has 0 bridgehead atoms. The van der Waals surface area contributed by atoms with E-state index in [0.29, 0.717) is 11.1 Å². The van der Waals surface area contributed by atoms with Gasteiger partial charge in [-0.05, 0) is 31.9 Å². The van der Waals surface area contributed by atoms with Crippen LogP contribution in [-0.4, -0.2) is 23.6 Å². The van der Waals surface area contributed by atoms with Gasteiger partial charge in [0.2, 0.25) is 0 Å². The van der Waals surface area contributed by atoms with Crippen molar-refractivity contribution in [2.45, 2.75) is 59.2 Å². The molecule has 0 saturated heterocycles. The molecule has 1 rings (SSSR count). The number of nitrogens with one attached hydrogen (secondary N) is 1. The molecule has 108 valence electrons. The quantitative estimate of drug-likeness (QED) is 0.859. The molecule has 1 N–H and O–H groups in total. The second kappa shape index (κ2) is 6.58. The molecule has 1 aromatic rings. The van der Waals surface area contributed by atoms with E-state index in [1.54, 1.807) is 0 Å². The highest BCUT2D eigenvalue weighted by atomic mass is 35.5. The minimum absolute atomic E-state index is 0.0499. The summed E-state index contributed by atoms with van der Waals surface area (Å²) < 4.78 is 0. The van der Waals surface area contributed by atoms with Crippen molar-refractivity contribution >= 4 is 17.4 Å². The zero-order valence-electron chi connectivity index (χ0n) is 12.9. The third kappa shape index (κ3) is 4.36. The van der Waals surface area contributed by atoms with Gasteiger partial charge in [0.15, 0.2) is 0 Å². The van der Waals surface area contributed by atoms with Gasteiger partial charge in [-0.25, -0.2) is 4.98 Å². The van der Waals surface area contributed by atoms with Crippen molar-refractivity contribution in [3.8, 4) is 0 Å². The third-order valence-electron chi connectivity index (χ3n) is 3.68. The number of hydrogen-bond acceptors (Lipinski definition) is 3. The normalized spacial score (nSPS) is 12.0. The first kappa shape index (κ1) is 16.3. The Morgan fingerprint density at radius 2 is 2.05 bits per heavy atom. The van der Waals surface area contributed by atoms with Gasteiger partial charge in [-0.2, -0.15) is 0 Å². The molecule has 0 fully saturated rings. The Kier molecular flexibility index (Phi) is 5.63. The average Bonchev–Trinajstić information content (AvgIpc) is 2.35. The van der Waals surface area contributed by atoms with Crippen LogP contribution >= 0.6 is 11.6 Å². The summed E-state index contributed by atoms with van der Waals surface area (Å²) in [6.45, 7) is 11.6. The maximum atomic E-state index is 6.37. The first-order chi connectivity index (χ1) is 8.77. The smallest absolute Gasteiger partial charge is 0.147 e. The van der Waals surface area contributed by atoms with Crippen LogP contribution in [-0.2, 0) is 6.54 Å². The van der Waals surface area contributed by atoms with Gasteiger partial charge in [-0.3, -0.25) is 0 Å². The molecule has 0 aliphatic rings. The Balaban J connectivity index is 2.88. The first-order valence-corrected chi connectivity index (χ1v) is 7.27. The monoisotopic (exact) mass is 283 g/mol. The van der Waals surface area contributed by atoms with Crippen LogP contribution in [0.3, 0.4) is 0 Å². The Labute approximate surface area is 122 Å². The van der Waals surface area contributed by atoms with Crippen LogP contribution in [0.2, 0.25) is 5.02 Å². The van der Waals surface area contributed by atoms with E-state index in [2.05, 4.69) is 49.8 Å². The van der Waals surface area contributed by atoms with Gasteiger partial charge >= 0.3 is 0 Å². The second-order valence-electron chi connectivity index (χ2n) is 5.91. The molecular formula is C15H26ClN3. The van der Waals surface area contributed by atoms with E-state index in [4.69, 9.17) is 11.6 Å². The summed E-state index contributed by atoms with van der Waals surface area (Å²) in [6.07, 6.45) is 2.94. The lowest BCUT2D eigenvalue weighted by molar-refractivity contribution is 0.467. The summed E-state index contributed by atoms with van der Waals surface area (Å²) in [4.78, 5) is 6.67. The zero-order valence-corrected chi connectivity index (χ0v) is 13.7. The summed E-state index contributed by atoms with van der Waals surface area (Å²) in [5, 5.41) is 4.08. The lowest BCUT2D eigenvalue weighted by Gasteiger charge is -2.36. The highest BCUT2D eigenvalue weighted by Crippen LogP contribution is 2.29. The molecule has 1 heterocycles. The molecule has 0 atom stereocenters. The molecule has 19 heavy (non-hydrogen) atoms. The highest BCUT2D eigenvalue weighted by Gasteiger charge is 2.24. The molecular weight excluding hydrogens is 258 g/mol. The van der Waals surface area contributed by atoms with Crippen molar-refractivity contribution in [2.75, 3.05) is 11.9 Å². The molecule has 0 saturated carbocycles. The van der Waals surface area contributed by atoms with Crippen molar-refractivity contribution in [1.29, 1.82) is 0 Å². The number of anilines is 1. The number of rotatable bonds is 6. The fraction of sp³-hybridized carbons (Fsp3) is 0.667. The standard InChI is InChI=1S/C15H26ClN3/c1-7-15(4,5)19(6)14-13(16)8-12(10-18-14)9-17-11(2)3/h8,10-11,17H,7,9H2,1-6H3. The van der Waals surface area contributed by atoms with Gasteiger partial charge in [0.1, 0.15) is 5.82 Å². The fourth-order valence-corrected chi connectivity index (χ4v) is 1.98. The molecule has 0 aliphatic heterocycles. The number of aromatic nitrogens is 1. The minimum Gasteiger partial charge on any atom is -0.353 e. The first-order valence-electron chi connectivity index (χ1n) is 6.89. The second-order valence-corrected chi connectivity index (χ2v) is 6.32. The summed E-state index contributed by atoms with van der Waals surface area (Å²) in [5.74, 6) is 0.849. The third-order valence-corrected chi connectivity index (χ3v) is 3.96. The maximum Gasteiger partial charge on any atom is 0.147 e. The van der Waals surface area contributed by atoms with Crippen LogP contribution in [0.15, 0.2) is 12.3 Å². The topological polar surface area (TPSA) is 28.2 Å². The van der Waals surface area contributed by atoms with Crippen molar-refractivity contribution in [3.63, 3.8) is 0 Å². The van der Waals surface area contributed by atoms with Crippen LogP contribution in [0.1, 0.15) is 46.6 Å². The van der Waals surface area contributed by atoms with E-state index in [0.717, 1.165) is 24.3 Å². The molecule has 0 spiro atoms. The molecule has 3 nitrogen and oxygen atoms in total. The van der Waals surface area contributed by atoms with E-state index >= 15 is 0 Å². The van der Waals surface area contributed by atoms with Gasteiger partial charge in [-0.1, -0.05) is 32.4 Å². The fourth-order valence-electron chi connectivity index (χ4n) is 1.66. The van der Waals surface area contributed by atoms with E-state index in [1.165, 1.54) is 0 Å². The SMILES string of the molecule is CCC(C)(C)N(C)c1ncc(CNC(C)C)cc1Cl. The van der Waals surface area contributed by atoms with Crippen LogP contribution in [0.5, 0.6) is 0 Å². The summed E-state index contributed by atoms with van der Waals surface area (Å²) in [6, 6.07) is 2.46. The van der Waals surface area contributed by atoms with Crippen LogP contribution in [0.25, 0.3) is 0 Å². The number of nitrogens with zero attached hydrogens (tertiary/aromatic N) is 2. The Morgan fingerprint density at radius 3 is 2.53 bits per heavy atom. The Bertz CT molecular complexity index is 416. The van der Waals surface area contributed by atoms with Crippen molar-refractivity contribution < 1.29 is 0 Å². The van der Waals surface area contributed by atoms with E-state index in [9.17, 15) is 0 Å². The predicted molar refractivity (Wildman–Crippen MR) is 84.0 cm³/mol.